The minimum atomic E-state index is -1.33. The van der Waals surface area contributed by atoms with Crippen LogP contribution in [0, 0.1) is 5.82 Å². The fourth-order valence-corrected chi connectivity index (χ4v) is 2.78. The van der Waals surface area contributed by atoms with Crippen LogP contribution in [0.2, 0.25) is 0 Å². The smallest absolute Gasteiger partial charge is 0.346 e. The first-order valence-electron chi connectivity index (χ1n) is 8.77. The lowest BCUT2D eigenvalue weighted by atomic mass is 10.2. The molecule has 0 aliphatic carbocycles. The zero-order valence-electron chi connectivity index (χ0n) is 15.3. The molecule has 1 fully saturated rings. The van der Waals surface area contributed by atoms with E-state index >= 15 is 0 Å². The van der Waals surface area contributed by atoms with Gasteiger partial charge in [-0.1, -0.05) is 0 Å². The number of halogens is 1. The molecular formula is C18H24FN3O5. The third-order valence-corrected chi connectivity index (χ3v) is 4.06. The minimum Gasteiger partial charge on any atom is -0.478 e. The Hall–Kier alpha value is -2.84. The van der Waals surface area contributed by atoms with E-state index in [2.05, 4.69) is 10.6 Å². The molecule has 0 bridgehead atoms. The van der Waals surface area contributed by atoms with Gasteiger partial charge in [-0.05, 0) is 51.0 Å². The van der Waals surface area contributed by atoms with Gasteiger partial charge in [0.25, 0.3) is 0 Å². The number of hydrogen-bond donors (Lipinski definition) is 3. The Morgan fingerprint density at radius 1 is 1.30 bits per heavy atom. The van der Waals surface area contributed by atoms with Crippen molar-refractivity contribution in [2.24, 2.45) is 0 Å². The van der Waals surface area contributed by atoms with E-state index in [1.807, 2.05) is 13.8 Å². The van der Waals surface area contributed by atoms with Gasteiger partial charge >= 0.3 is 12.0 Å². The highest BCUT2D eigenvalue weighted by Crippen LogP contribution is 2.18. The molecule has 2 atom stereocenters. The standard InChI is InChI=1S/C18H24FN3O5/c1-11(2)21-18(26)22-9-3-4-14(22)16(23)20-10-15(17(24)25)27-13-7-5-12(19)6-8-13/h5-8,11,14-15H,3-4,9-10H2,1-2H3,(H,20,23)(H,21,26)(H,24,25)/t14-,15?/m0/s1. The third kappa shape index (κ3) is 5.83. The number of carboxylic acid groups (broad SMARTS) is 1. The van der Waals surface area contributed by atoms with Gasteiger partial charge in [0.1, 0.15) is 17.6 Å². The number of hydrogen-bond acceptors (Lipinski definition) is 4. The summed E-state index contributed by atoms with van der Waals surface area (Å²) in [6.45, 7) is 3.84. The lowest BCUT2D eigenvalue weighted by Crippen LogP contribution is -2.52. The van der Waals surface area contributed by atoms with Gasteiger partial charge in [-0.2, -0.15) is 0 Å². The summed E-state index contributed by atoms with van der Waals surface area (Å²) in [5.74, 6) is -1.99. The van der Waals surface area contributed by atoms with Crippen LogP contribution in [-0.4, -0.2) is 59.2 Å². The summed E-state index contributed by atoms with van der Waals surface area (Å²) >= 11 is 0. The minimum absolute atomic E-state index is 0.0534. The van der Waals surface area contributed by atoms with Crippen LogP contribution in [0.1, 0.15) is 26.7 Å². The SMILES string of the molecule is CC(C)NC(=O)N1CCC[C@H]1C(=O)NCC(Oc1ccc(F)cc1)C(=O)O. The zero-order valence-corrected chi connectivity index (χ0v) is 15.3. The molecule has 1 unspecified atom stereocenters. The summed E-state index contributed by atoms with van der Waals surface area (Å²) in [6.07, 6.45) is -0.134. The third-order valence-electron chi connectivity index (χ3n) is 4.06. The van der Waals surface area contributed by atoms with Gasteiger partial charge in [0.2, 0.25) is 12.0 Å². The average molecular weight is 381 g/mol. The molecular weight excluding hydrogens is 357 g/mol. The second-order valence-electron chi connectivity index (χ2n) is 6.60. The van der Waals surface area contributed by atoms with Gasteiger partial charge in [-0.25, -0.2) is 14.0 Å². The maximum Gasteiger partial charge on any atom is 0.346 e. The predicted octanol–water partition coefficient (Wildman–Crippen LogP) is 1.36. The van der Waals surface area contributed by atoms with Gasteiger partial charge in [0.05, 0.1) is 6.54 Å². The van der Waals surface area contributed by atoms with Crippen molar-refractivity contribution in [2.75, 3.05) is 13.1 Å². The lowest BCUT2D eigenvalue weighted by Gasteiger charge is -2.26. The van der Waals surface area contributed by atoms with Gasteiger partial charge in [0, 0.05) is 12.6 Å². The number of rotatable bonds is 7. The van der Waals surface area contributed by atoms with Crippen LogP contribution >= 0.6 is 0 Å². The van der Waals surface area contributed by atoms with Crippen molar-refractivity contribution in [1.29, 1.82) is 0 Å². The first kappa shape index (κ1) is 20.5. The van der Waals surface area contributed by atoms with E-state index in [1.165, 1.54) is 17.0 Å². The van der Waals surface area contributed by atoms with E-state index in [4.69, 9.17) is 4.74 Å². The van der Waals surface area contributed by atoms with Crippen LogP contribution in [0.25, 0.3) is 0 Å². The Balaban J connectivity index is 1.93. The van der Waals surface area contributed by atoms with Crippen molar-refractivity contribution in [3.8, 4) is 5.75 Å². The molecule has 1 aromatic rings. The molecule has 27 heavy (non-hydrogen) atoms. The number of benzene rings is 1. The number of carbonyl (C=O) groups excluding carboxylic acids is 2. The Kier molecular flexibility index (Phi) is 6.98. The molecule has 9 heteroatoms. The number of nitrogens with one attached hydrogen (secondary N) is 2. The van der Waals surface area contributed by atoms with Crippen LogP contribution in [-0.2, 0) is 9.59 Å². The molecule has 1 aliphatic heterocycles. The normalized spacial score (nSPS) is 17.5. The van der Waals surface area contributed by atoms with Crippen molar-refractivity contribution in [3.05, 3.63) is 30.1 Å². The van der Waals surface area contributed by atoms with Crippen molar-refractivity contribution in [2.45, 2.75) is 44.9 Å². The Morgan fingerprint density at radius 2 is 1.96 bits per heavy atom. The van der Waals surface area contributed by atoms with Crippen LogP contribution < -0.4 is 15.4 Å². The maximum absolute atomic E-state index is 12.9. The Labute approximate surface area is 156 Å². The van der Waals surface area contributed by atoms with Crippen molar-refractivity contribution in [3.63, 3.8) is 0 Å². The lowest BCUT2D eigenvalue weighted by molar-refractivity contribution is -0.145. The number of carboxylic acids is 1. The molecule has 0 radical (unpaired) electrons. The van der Waals surface area contributed by atoms with Crippen LogP contribution in [0.3, 0.4) is 0 Å². The fraction of sp³-hybridized carbons (Fsp3) is 0.500. The average Bonchev–Trinajstić information content (AvgIpc) is 3.09. The largest absolute Gasteiger partial charge is 0.478 e. The van der Waals surface area contributed by atoms with Gasteiger partial charge < -0.3 is 25.4 Å². The molecule has 1 saturated heterocycles. The molecule has 0 saturated carbocycles. The first-order valence-corrected chi connectivity index (χ1v) is 8.77. The summed E-state index contributed by atoms with van der Waals surface area (Å²) in [5, 5.41) is 14.6. The van der Waals surface area contributed by atoms with Crippen molar-refractivity contribution < 1.29 is 28.6 Å². The summed E-state index contributed by atoms with van der Waals surface area (Å²) in [5.41, 5.74) is 0. The van der Waals surface area contributed by atoms with E-state index in [9.17, 15) is 23.9 Å². The van der Waals surface area contributed by atoms with Crippen LogP contribution in [0.15, 0.2) is 24.3 Å². The topological polar surface area (TPSA) is 108 Å². The second-order valence-corrected chi connectivity index (χ2v) is 6.60. The highest BCUT2D eigenvalue weighted by molar-refractivity contribution is 5.88. The number of amides is 3. The number of urea groups is 1. The molecule has 1 aliphatic rings. The van der Waals surface area contributed by atoms with E-state index in [0.29, 0.717) is 19.4 Å². The molecule has 1 aromatic carbocycles. The number of ether oxygens (including phenoxy) is 1. The van der Waals surface area contributed by atoms with Crippen molar-refractivity contribution >= 4 is 17.9 Å². The second kappa shape index (κ2) is 9.20. The van der Waals surface area contributed by atoms with Crippen LogP contribution in [0.4, 0.5) is 9.18 Å². The van der Waals surface area contributed by atoms with Gasteiger partial charge in [0.15, 0.2) is 0 Å². The summed E-state index contributed by atoms with van der Waals surface area (Å²) in [6, 6.07) is 3.89. The van der Waals surface area contributed by atoms with Gasteiger partial charge in [-0.3, -0.25) is 4.79 Å². The number of likely N-dealkylation sites (tertiary alicyclic amines) is 1. The zero-order chi connectivity index (χ0) is 20.0. The van der Waals surface area contributed by atoms with Crippen LogP contribution in [0.5, 0.6) is 5.75 Å². The molecule has 2 rings (SSSR count). The summed E-state index contributed by atoms with van der Waals surface area (Å²) in [4.78, 5) is 37.4. The van der Waals surface area contributed by atoms with E-state index in [0.717, 1.165) is 12.1 Å². The van der Waals surface area contributed by atoms with E-state index < -0.39 is 29.8 Å². The van der Waals surface area contributed by atoms with E-state index in [1.54, 1.807) is 0 Å². The van der Waals surface area contributed by atoms with E-state index in [-0.39, 0.29) is 24.4 Å². The summed E-state index contributed by atoms with van der Waals surface area (Å²) < 4.78 is 18.2. The quantitative estimate of drug-likeness (QED) is 0.661. The van der Waals surface area contributed by atoms with Gasteiger partial charge in [-0.15, -0.1) is 0 Å². The number of aliphatic carboxylic acids is 1. The molecule has 0 spiro atoms. The fourth-order valence-electron chi connectivity index (χ4n) is 2.78. The maximum atomic E-state index is 12.9. The predicted molar refractivity (Wildman–Crippen MR) is 94.9 cm³/mol. The highest BCUT2D eigenvalue weighted by atomic mass is 19.1. The van der Waals surface area contributed by atoms with Crippen molar-refractivity contribution in [1.82, 2.24) is 15.5 Å². The molecule has 3 amide bonds. The Morgan fingerprint density at radius 3 is 2.56 bits per heavy atom. The highest BCUT2D eigenvalue weighted by Gasteiger charge is 2.35. The molecule has 8 nitrogen and oxygen atoms in total. The molecule has 0 aromatic heterocycles. The Bertz CT molecular complexity index is 680. The number of nitrogens with zero attached hydrogens (tertiary/aromatic N) is 1. The number of carbonyl (C=O) groups is 3. The summed E-state index contributed by atoms with van der Waals surface area (Å²) in [7, 11) is 0. The monoisotopic (exact) mass is 381 g/mol. The molecule has 1 heterocycles. The first-order chi connectivity index (χ1) is 12.8. The molecule has 148 valence electrons. The molecule has 3 N–H and O–H groups in total.